The smallest absolute Gasteiger partial charge is 0.320 e. The van der Waals surface area contributed by atoms with E-state index in [0.29, 0.717) is 9.13 Å². The van der Waals surface area contributed by atoms with E-state index in [9.17, 15) is 9.18 Å². The number of nitrogens with two attached hydrogens (primary N) is 1. The Morgan fingerprint density at radius 1 is 1.64 bits per heavy atom. The summed E-state index contributed by atoms with van der Waals surface area (Å²) in [4.78, 5) is 10.5. The van der Waals surface area contributed by atoms with E-state index in [1.165, 1.54) is 6.07 Å². The van der Waals surface area contributed by atoms with E-state index in [4.69, 9.17) is 10.8 Å². The van der Waals surface area contributed by atoms with Crippen LogP contribution in [0.3, 0.4) is 0 Å². The highest BCUT2D eigenvalue weighted by molar-refractivity contribution is 14.1. The van der Waals surface area contributed by atoms with Gasteiger partial charge in [0.25, 0.3) is 0 Å². The maximum Gasteiger partial charge on any atom is 0.320 e. The van der Waals surface area contributed by atoms with Crippen molar-refractivity contribution in [2.24, 2.45) is 5.73 Å². The predicted molar refractivity (Wildman–Crippen MR) is 58.4 cm³/mol. The van der Waals surface area contributed by atoms with Crippen molar-refractivity contribution in [2.75, 3.05) is 0 Å². The van der Waals surface area contributed by atoms with Crippen molar-refractivity contribution in [3.8, 4) is 0 Å². The highest BCUT2D eigenvalue weighted by Crippen LogP contribution is 2.17. The molecule has 3 nitrogen and oxygen atoms in total. The second-order valence-electron chi connectivity index (χ2n) is 2.85. The Morgan fingerprint density at radius 2 is 2.29 bits per heavy atom. The molecule has 14 heavy (non-hydrogen) atoms. The van der Waals surface area contributed by atoms with Crippen LogP contribution in [-0.2, 0) is 11.2 Å². The molecule has 0 bridgehead atoms. The van der Waals surface area contributed by atoms with Crippen LogP contribution in [0.1, 0.15) is 5.56 Å². The first-order chi connectivity index (χ1) is 6.52. The average molecular weight is 309 g/mol. The van der Waals surface area contributed by atoms with E-state index < -0.39 is 17.8 Å². The van der Waals surface area contributed by atoms with Crippen LogP contribution in [0, 0.1) is 9.39 Å². The van der Waals surface area contributed by atoms with Gasteiger partial charge in [-0.1, -0.05) is 6.07 Å². The Morgan fingerprint density at radius 3 is 2.79 bits per heavy atom. The van der Waals surface area contributed by atoms with Gasteiger partial charge < -0.3 is 10.8 Å². The summed E-state index contributed by atoms with van der Waals surface area (Å²) >= 11 is 1.95. The molecule has 0 saturated heterocycles. The zero-order valence-corrected chi connectivity index (χ0v) is 9.36. The number of carboxylic acids is 1. The molecule has 1 aromatic carbocycles. The molecule has 1 aromatic rings. The van der Waals surface area contributed by atoms with Crippen LogP contribution in [0.5, 0.6) is 0 Å². The molecule has 0 aliphatic carbocycles. The molecule has 5 heteroatoms. The lowest BCUT2D eigenvalue weighted by molar-refractivity contribution is -0.138. The molecule has 0 fully saturated rings. The zero-order valence-electron chi connectivity index (χ0n) is 7.21. The normalized spacial score (nSPS) is 12.5. The lowest BCUT2D eigenvalue weighted by Crippen LogP contribution is -2.32. The Hall–Kier alpha value is -0.690. The molecule has 0 aromatic heterocycles. The van der Waals surface area contributed by atoms with Crippen molar-refractivity contribution in [1.29, 1.82) is 0 Å². The van der Waals surface area contributed by atoms with Crippen molar-refractivity contribution >= 4 is 28.6 Å². The van der Waals surface area contributed by atoms with Gasteiger partial charge in [0.2, 0.25) is 0 Å². The van der Waals surface area contributed by atoms with Crippen molar-refractivity contribution in [1.82, 2.24) is 0 Å². The summed E-state index contributed by atoms with van der Waals surface area (Å²) in [5, 5.41) is 8.58. The summed E-state index contributed by atoms with van der Waals surface area (Å²) in [5.74, 6) is -1.53. The summed E-state index contributed by atoms with van der Waals surface area (Å²) in [5.41, 5.74) is 5.68. The monoisotopic (exact) mass is 309 g/mol. The third-order valence-electron chi connectivity index (χ3n) is 1.80. The molecule has 1 atom stereocenters. The number of carboxylic acid groups (broad SMARTS) is 1. The number of halogens is 2. The fraction of sp³-hybridized carbons (Fsp3) is 0.222. The van der Waals surface area contributed by atoms with Gasteiger partial charge >= 0.3 is 5.97 Å². The van der Waals surface area contributed by atoms with Crippen molar-refractivity contribution in [3.63, 3.8) is 0 Å². The molecule has 3 N–H and O–H groups in total. The Balaban J connectivity index is 2.91. The molecular weight excluding hydrogens is 300 g/mol. The molecule has 0 amide bonds. The predicted octanol–water partition coefficient (Wildman–Crippen LogP) is 1.38. The van der Waals surface area contributed by atoms with E-state index in [1.54, 1.807) is 12.1 Å². The van der Waals surface area contributed by atoms with Crippen LogP contribution >= 0.6 is 22.6 Å². The van der Waals surface area contributed by atoms with E-state index in [1.807, 2.05) is 22.6 Å². The lowest BCUT2D eigenvalue weighted by Gasteiger charge is -2.09. The second-order valence-corrected chi connectivity index (χ2v) is 4.01. The number of hydrogen-bond acceptors (Lipinski definition) is 2. The maximum absolute atomic E-state index is 13.2. The fourth-order valence-corrected chi connectivity index (χ4v) is 1.72. The Labute approximate surface area is 94.2 Å². The summed E-state index contributed by atoms with van der Waals surface area (Å²) in [6, 6.07) is 3.53. The first-order valence-electron chi connectivity index (χ1n) is 3.93. The second kappa shape index (κ2) is 4.70. The van der Waals surface area contributed by atoms with E-state index in [0.717, 1.165) is 0 Å². The summed E-state index contributed by atoms with van der Waals surface area (Å²) < 4.78 is 13.9. The molecular formula is C9H9FINO2. The van der Waals surface area contributed by atoms with Gasteiger partial charge in [0, 0.05) is 15.6 Å². The lowest BCUT2D eigenvalue weighted by atomic mass is 10.1. The standard InChI is InChI=1S/C9H9FINO2/c10-6-2-1-3-7(11)5(6)4-8(12)9(13)14/h1-3,8H,4,12H2,(H,13,14)/t8-/m1/s1. The topological polar surface area (TPSA) is 63.3 Å². The first kappa shape index (κ1) is 11.4. The molecule has 0 aliphatic rings. The number of carbonyl (C=O) groups is 1. The molecule has 0 aliphatic heterocycles. The van der Waals surface area contributed by atoms with Gasteiger partial charge in [-0.25, -0.2) is 4.39 Å². The van der Waals surface area contributed by atoms with Crippen LogP contribution < -0.4 is 5.73 Å². The van der Waals surface area contributed by atoms with Crippen molar-refractivity contribution in [3.05, 3.63) is 33.1 Å². The van der Waals surface area contributed by atoms with Gasteiger partial charge in [-0.15, -0.1) is 0 Å². The number of rotatable bonds is 3. The van der Waals surface area contributed by atoms with Gasteiger partial charge in [0.1, 0.15) is 11.9 Å². The fourth-order valence-electron chi connectivity index (χ4n) is 1.03. The van der Waals surface area contributed by atoms with Crippen LogP contribution in [0.15, 0.2) is 18.2 Å². The molecule has 0 saturated carbocycles. The van der Waals surface area contributed by atoms with E-state index in [2.05, 4.69) is 0 Å². The minimum absolute atomic E-state index is 0.0142. The van der Waals surface area contributed by atoms with Gasteiger partial charge in [-0.05, 0) is 34.7 Å². The van der Waals surface area contributed by atoms with Crippen LogP contribution in [-0.4, -0.2) is 17.1 Å². The van der Waals surface area contributed by atoms with Crippen molar-refractivity contribution < 1.29 is 14.3 Å². The largest absolute Gasteiger partial charge is 0.480 e. The Kier molecular flexibility index (Phi) is 3.82. The highest BCUT2D eigenvalue weighted by atomic mass is 127. The minimum Gasteiger partial charge on any atom is -0.480 e. The number of benzene rings is 1. The summed E-state index contributed by atoms with van der Waals surface area (Å²) in [6.07, 6.45) is 0.0142. The molecule has 76 valence electrons. The highest BCUT2D eigenvalue weighted by Gasteiger charge is 2.16. The molecule has 0 radical (unpaired) electrons. The van der Waals surface area contributed by atoms with E-state index >= 15 is 0 Å². The minimum atomic E-state index is -1.12. The SMILES string of the molecule is N[C@H](Cc1c(F)cccc1I)C(=O)O. The Bertz CT molecular complexity index is 336. The van der Waals surface area contributed by atoms with Gasteiger partial charge in [-0.2, -0.15) is 0 Å². The maximum atomic E-state index is 13.2. The average Bonchev–Trinajstić information content (AvgIpc) is 2.11. The van der Waals surface area contributed by atoms with Crippen molar-refractivity contribution in [2.45, 2.75) is 12.5 Å². The first-order valence-corrected chi connectivity index (χ1v) is 5.01. The van der Waals surface area contributed by atoms with Gasteiger partial charge in [0.15, 0.2) is 0 Å². The molecule has 0 spiro atoms. The van der Waals surface area contributed by atoms with Crippen LogP contribution in [0.25, 0.3) is 0 Å². The van der Waals surface area contributed by atoms with Gasteiger partial charge in [-0.3, -0.25) is 4.79 Å². The quantitative estimate of drug-likeness (QED) is 0.829. The molecule has 0 heterocycles. The zero-order chi connectivity index (χ0) is 10.7. The summed E-state index contributed by atoms with van der Waals surface area (Å²) in [6.45, 7) is 0. The number of hydrogen-bond donors (Lipinski definition) is 2. The van der Waals surface area contributed by atoms with Crippen LogP contribution in [0.2, 0.25) is 0 Å². The molecule has 1 rings (SSSR count). The summed E-state index contributed by atoms with van der Waals surface area (Å²) in [7, 11) is 0. The number of aliphatic carboxylic acids is 1. The molecule has 0 unspecified atom stereocenters. The third kappa shape index (κ3) is 2.65. The van der Waals surface area contributed by atoms with Crippen LogP contribution in [0.4, 0.5) is 4.39 Å². The van der Waals surface area contributed by atoms with E-state index in [-0.39, 0.29) is 6.42 Å². The third-order valence-corrected chi connectivity index (χ3v) is 2.81. The van der Waals surface area contributed by atoms with Gasteiger partial charge in [0.05, 0.1) is 0 Å².